The monoisotopic (exact) mass is 572 g/mol. The summed E-state index contributed by atoms with van der Waals surface area (Å²) in [5.74, 6) is 2.50. The molecule has 0 radical (unpaired) electrons. The second-order valence-corrected chi connectivity index (χ2v) is 16.9. The molecular formula is C35H56O6. The van der Waals surface area contributed by atoms with Crippen molar-refractivity contribution in [3.63, 3.8) is 0 Å². The van der Waals surface area contributed by atoms with Gasteiger partial charge in [-0.15, -0.1) is 0 Å². The molecule has 0 aromatic heterocycles. The van der Waals surface area contributed by atoms with Crippen molar-refractivity contribution in [2.45, 2.75) is 161 Å². The summed E-state index contributed by atoms with van der Waals surface area (Å²) in [4.78, 5) is 11.9. The Kier molecular flexibility index (Phi) is 6.84. The number of ether oxygens (including phenoxy) is 4. The lowest BCUT2D eigenvalue weighted by Gasteiger charge is -2.60. The minimum absolute atomic E-state index is 0.00415. The lowest BCUT2D eigenvalue weighted by Crippen LogP contribution is -2.55. The van der Waals surface area contributed by atoms with Crippen molar-refractivity contribution in [2.75, 3.05) is 6.61 Å². The Morgan fingerprint density at radius 3 is 2.41 bits per heavy atom. The molecule has 7 aliphatic rings. The van der Waals surface area contributed by atoms with Gasteiger partial charge in [0, 0.05) is 13.5 Å². The number of hydrogen-bond acceptors (Lipinski definition) is 6. The lowest BCUT2D eigenvalue weighted by atomic mass is 9.46. The summed E-state index contributed by atoms with van der Waals surface area (Å²) in [6.45, 7) is 13.4. The molecule has 7 rings (SSSR count). The maximum Gasteiger partial charge on any atom is 0.303 e. The smallest absolute Gasteiger partial charge is 0.303 e. The number of aliphatic hydroxyl groups is 1. The van der Waals surface area contributed by atoms with E-state index in [0.29, 0.717) is 34.2 Å². The van der Waals surface area contributed by atoms with Gasteiger partial charge in [0.2, 0.25) is 0 Å². The summed E-state index contributed by atoms with van der Waals surface area (Å²) in [5, 5.41) is 10.9. The van der Waals surface area contributed by atoms with E-state index in [1.54, 1.807) is 13.8 Å². The minimum Gasteiger partial charge on any atom is -0.457 e. The fourth-order valence-corrected chi connectivity index (χ4v) is 12.6. The molecule has 232 valence electrons. The summed E-state index contributed by atoms with van der Waals surface area (Å²) < 4.78 is 25.3. The quantitative estimate of drug-likeness (QED) is 0.288. The van der Waals surface area contributed by atoms with Crippen LogP contribution < -0.4 is 0 Å². The van der Waals surface area contributed by atoms with E-state index in [9.17, 15) is 9.90 Å². The Hall–Kier alpha value is -0.690. The maximum atomic E-state index is 11.9. The van der Waals surface area contributed by atoms with Gasteiger partial charge >= 0.3 is 5.97 Å². The zero-order chi connectivity index (χ0) is 29.0. The van der Waals surface area contributed by atoms with Crippen molar-refractivity contribution in [3.8, 4) is 0 Å². The first-order valence-corrected chi connectivity index (χ1v) is 17.1. The molecule has 41 heavy (non-hydrogen) atoms. The number of carbonyl (C=O) groups excluding carboxylic acids is 1. The Morgan fingerprint density at radius 2 is 1.71 bits per heavy atom. The maximum absolute atomic E-state index is 11.9. The highest BCUT2D eigenvalue weighted by Gasteiger charge is 2.80. The van der Waals surface area contributed by atoms with Gasteiger partial charge in [0.05, 0.1) is 23.9 Å². The highest BCUT2D eigenvalue weighted by molar-refractivity contribution is 5.66. The van der Waals surface area contributed by atoms with E-state index < -0.39 is 11.7 Å². The molecule has 5 aliphatic carbocycles. The first-order chi connectivity index (χ1) is 19.3. The van der Waals surface area contributed by atoms with Gasteiger partial charge < -0.3 is 24.1 Å². The molecule has 7 fully saturated rings. The first kappa shape index (κ1) is 29.0. The van der Waals surface area contributed by atoms with Crippen molar-refractivity contribution in [1.82, 2.24) is 0 Å². The number of fused-ring (bicyclic) bond motifs is 4. The number of hydrogen-bond donors (Lipinski definition) is 1. The van der Waals surface area contributed by atoms with E-state index in [0.717, 1.165) is 44.1 Å². The van der Waals surface area contributed by atoms with Crippen LogP contribution in [0.25, 0.3) is 0 Å². The van der Waals surface area contributed by atoms with E-state index in [2.05, 4.69) is 20.8 Å². The van der Waals surface area contributed by atoms with Gasteiger partial charge in [-0.25, -0.2) is 0 Å². The van der Waals surface area contributed by atoms with Crippen LogP contribution in [0.5, 0.6) is 0 Å². The molecule has 5 saturated carbocycles. The zero-order valence-electron chi connectivity index (χ0n) is 26.6. The van der Waals surface area contributed by atoms with Gasteiger partial charge in [-0.1, -0.05) is 20.8 Å². The van der Waals surface area contributed by atoms with Crippen molar-refractivity contribution in [3.05, 3.63) is 0 Å². The van der Waals surface area contributed by atoms with Gasteiger partial charge in [-0.05, 0) is 143 Å². The molecule has 0 aromatic carbocycles. The minimum atomic E-state index is -1.13. The predicted octanol–water partition coefficient (Wildman–Crippen LogP) is 6.81. The van der Waals surface area contributed by atoms with Gasteiger partial charge in [-0.3, -0.25) is 4.79 Å². The summed E-state index contributed by atoms with van der Waals surface area (Å²) in [6.07, 6.45) is 15.6. The number of rotatable bonds is 5. The summed E-state index contributed by atoms with van der Waals surface area (Å²) in [5.41, 5.74) is 0.426. The molecule has 2 saturated heterocycles. The average Bonchev–Trinajstić information content (AvgIpc) is 3.49. The van der Waals surface area contributed by atoms with Crippen LogP contribution in [0.15, 0.2) is 0 Å². The molecule has 0 bridgehead atoms. The standard InChI is InChI=1S/C35H56O6/c1-21(36)39-30(32(4,5)37)25-12-10-23-26(40-25)19-24-22-11-13-27-31(2,3)28(41-29-9-7-8-18-38-29)14-15-35(27)20-34(22,35)17-16-33(23,24)6/h22-30,37H,7-20H2,1-6H3/t22?,23?,24?,25?,26?,27?,28-,29?,30-,33+,34-,35+/m0/s1. The Balaban J connectivity index is 1.08. The topological polar surface area (TPSA) is 74.2 Å². The van der Waals surface area contributed by atoms with Crippen molar-refractivity contribution < 1.29 is 28.8 Å². The van der Waals surface area contributed by atoms with Crippen LogP contribution in [0, 0.1) is 45.3 Å². The molecule has 6 heteroatoms. The molecule has 12 atom stereocenters. The molecule has 0 aromatic rings. The largest absolute Gasteiger partial charge is 0.457 e. The summed E-state index contributed by atoms with van der Waals surface area (Å²) in [6, 6.07) is 0. The zero-order valence-corrected chi connectivity index (χ0v) is 26.6. The van der Waals surface area contributed by atoms with Crippen LogP contribution in [0.1, 0.15) is 125 Å². The third-order valence-electron chi connectivity index (χ3n) is 14.3. The average molecular weight is 573 g/mol. The van der Waals surface area contributed by atoms with Crippen LogP contribution in [-0.2, 0) is 23.7 Å². The lowest BCUT2D eigenvalue weighted by molar-refractivity contribution is -0.237. The normalized spacial score (nSPS) is 50.8. The van der Waals surface area contributed by atoms with Crippen LogP contribution in [0.4, 0.5) is 0 Å². The highest BCUT2D eigenvalue weighted by atomic mass is 16.7. The van der Waals surface area contributed by atoms with Crippen molar-refractivity contribution >= 4 is 5.97 Å². The molecule has 7 unspecified atom stereocenters. The van der Waals surface area contributed by atoms with Gasteiger partial charge in [0.15, 0.2) is 12.4 Å². The fourth-order valence-electron chi connectivity index (χ4n) is 12.6. The van der Waals surface area contributed by atoms with Gasteiger partial charge in [0.25, 0.3) is 0 Å². The molecule has 0 amide bonds. The van der Waals surface area contributed by atoms with E-state index in [4.69, 9.17) is 18.9 Å². The van der Waals surface area contributed by atoms with Crippen LogP contribution in [-0.4, -0.2) is 54.0 Å². The van der Waals surface area contributed by atoms with Crippen LogP contribution in [0.3, 0.4) is 0 Å². The van der Waals surface area contributed by atoms with Gasteiger partial charge in [-0.2, -0.15) is 0 Å². The first-order valence-electron chi connectivity index (χ1n) is 17.1. The van der Waals surface area contributed by atoms with Crippen LogP contribution in [0.2, 0.25) is 0 Å². The fraction of sp³-hybridized carbons (Fsp3) is 0.971. The molecule has 2 heterocycles. The highest BCUT2D eigenvalue weighted by Crippen LogP contribution is 2.87. The van der Waals surface area contributed by atoms with E-state index in [-0.39, 0.29) is 29.9 Å². The Bertz CT molecular complexity index is 1030. The number of carbonyl (C=O) groups is 1. The molecule has 2 aliphatic heterocycles. The molecular weight excluding hydrogens is 516 g/mol. The summed E-state index contributed by atoms with van der Waals surface area (Å²) >= 11 is 0. The number of esters is 1. The molecule has 6 nitrogen and oxygen atoms in total. The van der Waals surface area contributed by atoms with Crippen molar-refractivity contribution in [2.24, 2.45) is 45.3 Å². The van der Waals surface area contributed by atoms with Crippen LogP contribution >= 0.6 is 0 Å². The second kappa shape index (κ2) is 9.65. The Labute approximate surface area is 248 Å². The van der Waals surface area contributed by atoms with E-state index in [1.807, 2.05) is 0 Å². The third-order valence-corrected chi connectivity index (χ3v) is 14.3. The van der Waals surface area contributed by atoms with Gasteiger partial charge in [0.1, 0.15) is 0 Å². The van der Waals surface area contributed by atoms with E-state index in [1.165, 1.54) is 64.7 Å². The predicted molar refractivity (Wildman–Crippen MR) is 156 cm³/mol. The van der Waals surface area contributed by atoms with Crippen molar-refractivity contribution in [1.29, 1.82) is 0 Å². The van der Waals surface area contributed by atoms with E-state index >= 15 is 0 Å². The SMILES string of the molecule is CC(=O)O[C@@H](C1CCC2C(CC3C4CCC5C(C)(C)[C@@H](OC6CCCCO6)CC[C@@]56C[C@@]46CC[C@]23C)O1)C(C)(C)O. The second-order valence-electron chi connectivity index (χ2n) is 16.9. The third kappa shape index (κ3) is 4.26. The molecule has 2 spiro atoms. The molecule has 1 N–H and O–H groups in total. The Morgan fingerprint density at radius 1 is 0.927 bits per heavy atom. The summed E-state index contributed by atoms with van der Waals surface area (Å²) in [7, 11) is 0.